The molecule has 1 amide bonds. The molecule has 4 aromatic rings. The lowest BCUT2D eigenvalue weighted by atomic mass is 9.86. The fourth-order valence-electron chi connectivity index (χ4n) is 6.15. The number of carbonyl (C=O) groups excluding carboxylic acids is 1. The van der Waals surface area contributed by atoms with Crippen LogP contribution >= 0.6 is 0 Å². The Morgan fingerprint density at radius 1 is 1.15 bits per heavy atom. The molecule has 0 spiro atoms. The van der Waals surface area contributed by atoms with Gasteiger partial charge in [-0.1, -0.05) is 59.2 Å². The predicted molar refractivity (Wildman–Crippen MR) is 189 cm³/mol. The summed E-state index contributed by atoms with van der Waals surface area (Å²) in [5.74, 6) is 0.527. The van der Waals surface area contributed by atoms with Gasteiger partial charge >= 0.3 is 0 Å². The van der Waals surface area contributed by atoms with Crippen molar-refractivity contribution in [1.29, 1.82) is 0 Å². The van der Waals surface area contributed by atoms with Crippen molar-refractivity contribution in [1.82, 2.24) is 30.4 Å². The van der Waals surface area contributed by atoms with E-state index in [0.29, 0.717) is 34.2 Å². The van der Waals surface area contributed by atoms with Gasteiger partial charge in [-0.2, -0.15) is 9.78 Å². The molecule has 1 fully saturated rings. The van der Waals surface area contributed by atoms with Gasteiger partial charge in [0.05, 0.1) is 29.7 Å². The minimum absolute atomic E-state index is 0.0222. The van der Waals surface area contributed by atoms with Crippen LogP contribution in [0.25, 0.3) is 22.0 Å². The Hall–Kier alpha value is -4.90. The smallest absolute Gasteiger partial charge is 0.282 e. The quantitative estimate of drug-likeness (QED) is 0.230. The van der Waals surface area contributed by atoms with Gasteiger partial charge in [-0.05, 0) is 65.8 Å². The summed E-state index contributed by atoms with van der Waals surface area (Å²) in [5.41, 5.74) is 3.07. The third kappa shape index (κ3) is 6.47. The minimum Gasteiger partial charge on any atom is -0.351 e. The number of nitrogens with one attached hydrogen (secondary N) is 3. The summed E-state index contributed by atoms with van der Waals surface area (Å²) in [5, 5.41) is 14.3. The Morgan fingerprint density at radius 3 is 2.62 bits per heavy atom. The van der Waals surface area contributed by atoms with Crippen LogP contribution in [0.1, 0.15) is 64.2 Å². The molecule has 10 nitrogen and oxygen atoms in total. The number of aromatic nitrogens is 4. The average Bonchev–Trinajstić information content (AvgIpc) is 3.04. The molecule has 2 aromatic heterocycles. The molecule has 2 atom stereocenters. The molecule has 1 saturated heterocycles. The molecule has 0 bridgehead atoms. The number of rotatable bonds is 8. The molecular weight excluding hydrogens is 607 g/mol. The van der Waals surface area contributed by atoms with Crippen LogP contribution in [0, 0.1) is 11.7 Å². The first-order valence-electron chi connectivity index (χ1n) is 16.5. The minimum atomic E-state index is -0.583. The summed E-state index contributed by atoms with van der Waals surface area (Å²) >= 11 is 0. The molecule has 250 valence electrons. The second kappa shape index (κ2) is 13.3. The Labute approximate surface area is 280 Å². The lowest BCUT2D eigenvalue weighted by Crippen LogP contribution is -2.52. The number of halogens is 1. The molecule has 4 heterocycles. The largest absolute Gasteiger partial charge is 0.351 e. The normalized spacial score (nSPS) is 19.1. The number of benzene rings is 2. The van der Waals surface area contributed by atoms with E-state index in [0.717, 1.165) is 48.4 Å². The summed E-state index contributed by atoms with van der Waals surface area (Å²) < 4.78 is 16.7. The maximum absolute atomic E-state index is 15.5. The first kappa shape index (κ1) is 33.0. The second-order valence-corrected chi connectivity index (χ2v) is 13.7. The van der Waals surface area contributed by atoms with Gasteiger partial charge in [0.1, 0.15) is 23.1 Å². The fourth-order valence-corrected chi connectivity index (χ4v) is 6.15. The molecule has 3 N–H and O–H groups in total. The number of amides is 1. The van der Waals surface area contributed by atoms with Gasteiger partial charge in [0.2, 0.25) is 0 Å². The number of hydrogen-bond acceptors (Lipinski definition) is 8. The van der Waals surface area contributed by atoms with Crippen LogP contribution in [-0.4, -0.2) is 51.8 Å². The molecule has 2 aromatic carbocycles. The lowest BCUT2D eigenvalue weighted by molar-refractivity contribution is -0.117. The standard InChI is InChI=1S/C37H43FN8O2/c1-7-22(2)13-23-15-30(44-32-20-41-33(21-40-32)45-12-11-26(45)18-39-6)35(47)42-19-28-27(23)9-8-10-31(28)46-36(48)34-24(17-43-46)14-25(16-29(34)38)37(3,4)5/h8-10,13-17,20-22,26,39H,7,11-12,18-19H2,1-6H3,(H,40,44)(H,42,47)/b23-13-,30-15+. The highest BCUT2D eigenvalue weighted by Crippen LogP contribution is 2.31. The Bertz CT molecular complexity index is 1980. The third-order valence-corrected chi connectivity index (χ3v) is 9.25. The van der Waals surface area contributed by atoms with Crippen LogP contribution in [0.5, 0.6) is 0 Å². The van der Waals surface area contributed by atoms with Crippen molar-refractivity contribution in [3.63, 3.8) is 0 Å². The SMILES string of the molecule is CCC(C)/C=C1/C=C(/Nc2cnc(N3CCC3CNC)cn2)C(=O)NCc2c1cccc2-n1ncc2cc(C(C)(C)C)cc(F)c2c1=O. The molecule has 2 aliphatic heterocycles. The number of nitrogens with zero attached hydrogens (tertiary/aromatic N) is 5. The topological polar surface area (TPSA) is 117 Å². The van der Waals surface area contributed by atoms with Gasteiger partial charge in [-0.15, -0.1) is 0 Å². The van der Waals surface area contributed by atoms with Gasteiger partial charge < -0.3 is 20.9 Å². The molecule has 11 heteroatoms. The molecule has 2 unspecified atom stereocenters. The highest BCUT2D eigenvalue weighted by molar-refractivity contribution is 6.00. The number of anilines is 2. The second-order valence-electron chi connectivity index (χ2n) is 13.7. The van der Waals surface area contributed by atoms with E-state index in [1.54, 1.807) is 18.5 Å². The number of likely N-dealkylation sites (N-methyl/N-ethyl adjacent to an activating group) is 1. The van der Waals surface area contributed by atoms with Gasteiger partial charge in [0.15, 0.2) is 0 Å². The Balaban J connectivity index is 1.39. The molecule has 2 aliphatic rings. The third-order valence-electron chi connectivity index (χ3n) is 9.25. The van der Waals surface area contributed by atoms with Gasteiger partial charge in [0, 0.05) is 36.6 Å². The Kier molecular flexibility index (Phi) is 9.15. The summed E-state index contributed by atoms with van der Waals surface area (Å²) in [6, 6.07) is 9.23. The summed E-state index contributed by atoms with van der Waals surface area (Å²) in [7, 11) is 1.94. The lowest BCUT2D eigenvalue weighted by Gasteiger charge is -2.41. The van der Waals surface area contributed by atoms with Crippen molar-refractivity contribution in [2.75, 3.05) is 30.4 Å². The van der Waals surface area contributed by atoms with Crippen molar-refractivity contribution in [2.45, 2.75) is 65.5 Å². The molecule has 48 heavy (non-hydrogen) atoms. The van der Waals surface area contributed by atoms with E-state index >= 15 is 4.39 Å². The van der Waals surface area contributed by atoms with E-state index in [2.05, 4.69) is 55.8 Å². The molecule has 0 radical (unpaired) electrons. The zero-order chi connectivity index (χ0) is 34.2. The predicted octanol–water partition coefficient (Wildman–Crippen LogP) is 5.47. The van der Waals surface area contributed by atoms with Crippen LogP contribution in [0.15, 0.2) is 71.6 Å². The van der Waals surface area contributed by atoms with E-state index in [4.69, 9.17) is 0 Å². The van der Waals surface area contributed by atoms with E-state index in [9.17, 15) is 9.59 Å². The highest BCUT2D eigenvalue weighted by atomic mass is 19.1. The maximum atomic E-state index is 15.5. The van der Waals surface area contributed by atoms with Gasteiger partial charge in [0.25, 0.3) is 11.5 Å². The first-order valence-corrected chi connectivity index (χ1v) is 16.5. The molecule has 0 saturated carbocycles. The van der Waals surface area contributed by atoms with Crippen LogP contribution in [0.3, 0.4) is 0 Å². The molecule has 0 aliphatic carbocycles. The summed E-state index contributed by atoms with van der Waals surface area (Å²) in [6.45, 7) is 12.1. The van der Waals surface area contributed by atoms with Crippen LogP contribution in [0.2, 0.25) is 0 Å². The van der Waals surface area contributed by atoms with Crippen molar-refractivity contribution >= 4 is 33.9 Å². The maximum Gasteiger partial charge on any atom is 0.282 e. The van der Waals surface area contributed by atoms with E-state index in [-0.39, 0.29) is 29.2 Å². The highest BCUT2D eigenvalue weighted by Gasteiger charge is 2.29. The van der Waals surface area contributed by atoms with E-state index in [1.807, 2.05) is 52.1 Å². The Morgan fingerprint density at radius 2 is 1.96 bits per heavy atom. The van der Waals surface area contributed by atoms with Crippen molar-refractivity contribution < 1.29 is 9.18 Å². The van der Waals surface area contributed by atoms with Crippen LogP contribution < -0.4 is 26.4 Å². The van der Waals surface area contributed by atoms with Crippen LogP contribution in [-0.2, 0) is 16.8 Å². The van der Waals surface area contributed by atoms with E-state index < -0.39 is 11.4 Å². The molecular formula is C37H43FN8O2. The summed E-state index contributed by atoms with van der Waals surface area (Å²) in [4.78, 5) is 38.8. The number of carbonyl (C=O) groups is 1. The average molecular weight is 651 g/mol. The first-order chi connectivity index (χ1) is 23.0. The number of hydrogen-bond donors (Lipinski definition) is 3. The zero-order valence-electron chi connectivity index (χ0n) is 28.4. The zero-order valence-corrected chi connectivity index (χ0v) is 28.4. The summed E-state index contributed by atoms with van der Waals surface area (Å²) in [6.07, 6.45) is 10.8. The number of allylic oxidation sites excluding steroid dienone is 3. The van der Waals surface area contributed by atoms with Gasteiger partial charge in [-0.25, -0.2) is 14.4 Å². The monoisotopic (exact) mass is 650 g/mol. The van der Waals surface area contributed by atoms with Crippen molar-refractivity contribution in [3.05, 3.63) is 99.6 Å². The fraction of sp³-hybridized carbons (Fsp3) is 0.378. The van der Waals surface area contributed by atoms with Crippen molar-refractivity contribution in [3.8, 4) is 5.69 Å². The molecule has 6 rings (SSSR count). The van der Waals surface area contributed by atoms with Gasteiger partial charge in [-0.3, -0.25) is 9.59 Å². The van der Waals surface area contributed by atoms with Crippen LogP contribution in [0.4, 0.5) is 16.0 Å². The number of fused-ring (bicyclic) bond motifs is 2. The van der Waals surface area contributed by atoms with E-state index in [1.165, 1.54) is 16.9 Å². The van der Waals surface area contributed by atoms with Crippen molar-refractivity contribution in [2.24, 2.45) is 5.92 Å².